The highest BCUT2D eigenvalue weighted by Gasteiger charge is 2.36. The average Bonchev–Trinajstić information content (AvgIpc) is 2.66. The maximum atomic E-state index is 11.9. The van der Waals surface area contributed by atoms with Crippen molar-refractivity contribution in [3.05, 3.63) is 22.4 Å². The first-order valence-electron chi connectivity index (χ1n) is 5.93. The molecule has 0 bridgehead atoms. The van der Waals surface area contributed by atoms with Crippen molar-refractivity contribution >= 4 is 23.3 Å². The molecule has 5 nitrogen and oxygen atoms in total. The molecular formula is C13H19NO4S. The SMILES string of the molecule is CC(C)(C)OC(=O)[C@H](C(=O)O)C(N)Cc1ccsc1. The van der Waals surface area contributed by atoms with Gasteiger partial charge >= 0.3 is 11.9 Å². The number of ether oxygens (including phenoxy) is 1. The van der Waals surface area contributed by atoms with E-state index in [0.29, 0.717) is 6.42 Å². The summed E-state index contributed by atoms with van der Waals surface area (Å²) in [7, 11) is 0. The molecule has 1 rings (SSSR count). The zero-order valence-electron chi connectivity index (χ0n) is 11.3. The van der Waals surface area contributed by atoms with Crippen LogP contribution in [0.5, 0.6) is 0 Å². The largest absolute Gasteiger partial charge is 0.481 e. The van der Waals surface area contributed by atoms with Crippen molar-refractivity contribution in [1.82, 2.24) is 0 Å². The van der Waals surface area contributed by atoms with Gasteiger partial charge in [0.15, 0.2) is 5.92 Å². The normalized spacial score (nSPS) is 14.7. The molecule has 2 atom stereocenters. The van der Waals surface area contributed by atoms with E-state index in [0.717, 1.165) is 5.56 Å². The second kappa shape index (κ2) is 6.16. The van der Waals surface area contributed by atoms with Crippen molar-refractivity contribution < 1.29 is 19.4 Å². The molecule has 1 heterocycles. The average molecular weight is 285 g/mol. The van der Waals surface area contributed by atoms with E-state index < -0.39 is 29.5 Å². The molecule has 0 radical (unpaired) electrons. The van der Waals surface area contributed by atoms with Gasteiger partial charge in [0.25, 0.3) is 0 Å². The Hall–Kier alpha value is -1.40. The number of carboxylic acids is 1. The van der Waals surface area contributed by atoms with Gasteiger partial charge in [0.1, 0.15) is 5.60 Å². The van der Waals surface area contributed by atoms with E-state index in [1.807, 2.05) is 16.8 Å². The van der Waals surface area contributed by atoms with Crippen LogP contribution in [-0.2, 0) is 20.7 Å². The fraction of sp³-hybridized carbons (Fsp3) is 0.538. The number of esters is 1. The van der Waals surface area contributed by atoms with Crippen LogP contribution in [0.4, 0.5) is 0 Å². The van der Waals surface area contributed by atoms with Gasteiger partial charge in [0.2, 0.25) is 0 Å². The van der Waals surface area contributed by atoms with E-state index in [1.54, 1.807) is 20.8 Å². The van der Waals surface area contributed by atoms with E-state index in [-0.39, 0.29) is 0 Å². The van der Waals surface area contributed by atoms with Crippen molar-refractivity contribution in [2.24, 2.45) is 11.7 Å². The fourth-order valence-corrected chi connectivity index (χ4v) is 2.30. The summed E-state index contributed by atoms with van der Waals surface area (Å²) in [6.07, 6.45) is 0.333. The van der Waals surface area contributed by atoms with Crippen LogP contribution in [0.3, 0.4) is 0 Å². The number of rotatable bonds is 5. The summed E-state index contributed by atoms with van der Waals surface area (Å²) in [5.41, 5.74) is 6.05. The third-order valence-electron chi connectivity index (χ3n) is 2.41. The Balaban J connectivity index is 2.76. The highest BCUT2D eigenvalue weighted by atomic mass is 32.1. The molecule has 106 valence electrons. The summed E-state index contributed by atoms with van der Waals surface area (Å²) in [6, 6.07) is 1.06. The number of hydrogen-bond donors (Lipinski definition) is 2. The number of nitrogens with two attached hydrogens (primary N) is 1. The lowest BCUT2D eigenvalue weighted by Crippen LogP contribution is -2.45. The van der Waals surface area contributed by atoms with Crippen LogP contribution in [0.25, 0.3) is 0 Å². The van der Waals surface area contributed by atoms with Crippen molar-refractivity contribution in [3.8, 4) is 0 Å². The summed E-state index contributed by atoms with van der Waals surface area (Å²) in [5.74, 6) is -3.39. The summed E-state index contributed by atoms with van der Waals surface area (Å²) >= 11 is 1.50. The van der Waals surface area contributed by atoms with E-state index >= 15 is 0 Å². The maximum Gasteiger partial charge on any atom is 0.322 e. The lowest BCUT2D eigenvalue weighted by Gasteiger charge is -2.24. The molecule has 1 unspecified atom stereocenters. The minimum Gasteiger partial charge on any atom is -0.481 e. The van der Waals surface area contributed by atoms with Crippen LogP contribution in [0.1, 0.15) is 26.3 Å². The van der Waals surface area contributed by atoms with Crippen LogP contribution >= 0.6 is 11.3 Å². The molecule has 0 spiro atoms. The second-order valence-corrected chi connectivity index (χ2v) is 6.13. The summed E-state index contributed by atoms with van der Waals surface area (Å²) in [6.45, 7) is 5.07. The number of aliphatic carboxylic acids is 1. The van der Waals surface area contributed by atoms with Crippen LogP contribution in [0.2, 0.25) is 0 Å². The highest BCUT2D eigenvalue weighted by molar-refractivity contribution is 7.07. The standard InChI is InChI=1S/C13H19NO4S/c1-13(2,3)18-12(17)10(11(15)16)9(14)6-8-4-5-19-7-8/h4-5,7,9-10H,6,14H2,1-3H3,(H,15,16)/t9?,10-/m0/s1. The van der Waals surface area contributed by atoms with Gasteiger partial charge in [0, 0.05) is 6.04 Å². The molecule has 19 heavy (non-hydrogen) atoms. The number of thiophene rings is 1. The molecule has 0 saturated carbocycles. The van der Waals surface area contributed by atoms with Gasteiger partial charge < -0.3 is 15.6 Å². The smallest absolute Gasteiger partial charge is 0.322 e. The lowest BCUT2D eigenvalue weighted by molar-refractivity contribution is -0.167. The van der Waals surface area contributed by atoms with Crippen molar-refractivity contribution in [3.63, 3.8) is 0 Å². The van der Waals surface area contributed by atoms with E-state index in [2.05, 4.69) is 0 Å². The second-order valence-electron chi connectivity index (χ2n) is 5.35. The lowest BCUT2D eigenvalue weighted by atomic mass is 9.95. The van der Waals surface area contributed by atoms with Crippen molar-refractivity contribution in [2.45, 2.75) is 38.8 Å². The Morgan fingerprint density at radius 3 is 2.53 bits per heavy atom. The number of carbonyl (C=O) groups excluding carboxylic acids is 1. The minimum absolute atomic E-state index is 0.333. The zero-order valence-corrected chi connectivity index (χ0v) is 12.1. The summed E-state index contributed by atoms with van der Waals surface area (Å²) < 4.78 is 5.10. The molecule has 0 aromatic carbocycles. The van der Waals surface area contributed by atoms with Gasteiger partial charge in [-0.05, 0) is 49.6 Å². The maximum absolute atomic E-state index is 11.9. The van der Waals surface area contributed by atoms with Crippen LogP contribution in [0.15, 0.2) is 16.8 Å². The van der Waals surface area contributed by atoms with Gasteiger partial charge in [-0.2, -0.15) is 11.3 Å². The molecule has 3 N–H and O–H groups in total. The molecule has 0 aliphatic carbocycles. The Morgan fingerprint density at radius 1 is 1.47 bits per heavy atom. The van der Waals surface area contributed by atoms with Crippen molar-refractivity contribution in [2.75, 3.05) is 0 Å². The first kappa shape index (κ1) is 15.7. The predicted molar refractivity (Wildman–Crippen MR) is 73.0 cm³/mol. The van der Waals surface area contributed by atoms with Crippen LogP contribution in [0, 0.1) is 5.92 Å². The Labute approximate surface area is 116 Å². The van der Waals surface area contributed by atoms with Crippen molar-refractivity contribution in [1.29, 1.82) is 0 Å². The first-order valence-corrected chi connectivity index (χ1v) is 6.87. The Morgan fingerprint density at radius 2 is 2.11 bits per heavy atom. The topological polar surface area (TPSA) is 89.6 Å². The number of hydrogen-bond acceptors (Lipinski definition) is 5. The van der Waals surface area contributed by atoms with Gasteiger partial charge in [0.05, 0.1) is 0 Å². The predicted octanol–water partition coefficient (Wildman–Crippen LogP) is 1.66. The van der Waals surface area contributed by atoms with Gasteiger partial charge in [-0.15, -0.1) is 0 Å². The monoisotopic (exact) mass is 285 g/mol. The third-order valence-corrected chi connectivity index (χ3v) is 3.14. The van der Waals surface area contributed by atoms with E-state index in [4.69, 9.17) is 15.6 Å². The summed E-state index contributed by atoms with van der Waals surface area (Å²) in [5, 5.41) is 12.9. The van der Waals surface area contributed by atoms with Gasteiger partial charge in [-0.25, -0.2) is 0 Å². The Kier molecular flexibility index (Phi) is 5.08. The van der Waals surface area contributed by atoms with Gasteiger partial charge in [-0.3, -0.25) is 9.59 Å². The molecule has 0 fully saturated rings. The highest BCUT2D eigenvalue weighted by Crippen LogP contribution is 2.17. The fourth-order valence-electron chi connectivity index (χ4n) is 1.62. The summed E-state index contributed by atoms with van der Waals surface area (Å²) in [4.78, 5) is 23.1. The minimum atomic E-state index is -1.35. The van der Waals surface area contributed by atoms with Gasteiger partial charge in [-0.1, -0.05) is 0 Å². The van der Waals surface area contributed by atoms with Crippen LogP contribution in [-0.4, -0.2) is 28.7 Å². The quantitative estimate of drug-likeness (QED) is 0.634. The molecule has 0 saturated heterocycles. The molecule has 1 aromatic heterocycles. The first-order chi connectivity index (χ1) is 8.70. The number of carboxylic acid groups (broad SMARTS) is 1. The molecular weight excluding hydrogens is 266 g/mol. The third kappa shape index (κ3) is 5.00. The van der Waals surface area contributed by atoms with Crippen LogP contribution < -0.4 is 5.73 Å². The molecule has 0 aliphatic rings. The molecule has 0 amide bonds. The van der Waals surface area contributed by atoms with E-state index in [1.165, 1.54) is 11.3 Å². The molecule has 0 aliphatic heterocycles. The van der Waals surface area contributed by atoms with E-state index in [9.17, 15) is 9.59 Å². The molecule has 1 aromatic rings. The molecule has 6 heteroatoms. The zero-order chi connectivity index (χ0) is 14.6. The Bertz CT molecular complexity index is 436. The number of carbonyl (C=O) groups is 2.